The molecule has 2 N–H and O–H groups in total. The van der Waals surface area contributed by atoms with Crippen LogP contribution in [0.4, 0.5) is 4.79 Å². The van der Waals surface area contributed by atoms with Gasteiger partial charge in [0.1, 0.15) is 11.7 Å². The monoisotopic (exact) mass is 340 g/mol. The van der Waals surface area contributed by atoms with Crippen molar-refractivity contribution in [3.05, 3.63) is 12.2 Å². The SMILES string of the molecule is CC(C)(C)OC(=O)NCC(=O)NCCC(=O)OC1C=CCCCC1. The first-order valence-electron chi connectivity index (χ1n) is 8.36. The van der Waals surface area contributed by atoms with Gasteiger partial charge in [-0.15, -0.1) is 0 Å². The van der Waals surface area contributed by atoms with Gasteiger partial charge < -0.3 is 20.1 Å². The van der Waals surface area contributed by atoms with E-state index in [2.05, 4.69) is 10.6 Å². The molecule has 0 radical (unpaired) electrons. The van der Waals surface area contributed by atoms with E-state index >= 15 is 0 Å². The molecule has 0 aromatic heterocycles. The van der Waals surface area contributed by atoms with E-state index in [-0.39, 0.29) is 37.5 Å². The topological polar surface area (TPSA) is 93.7 Å². The molecule has 1 rings (SSSR count). The second-order valence-corrected chi connectivity index (χ2v) is 6.70. The maximum Gasteiger partial charge on any atom is 0.408 e. The normalized spacial score (nSPS) is 17.5. The summed E-state index contributed by atoms with van der Waals surface area (Å²) in [5, 5.41) is 4.90. The summed E-state index contributed by atoms with van der Waals surface area (Å²) in [6.07, 6.45) is 7.26. The van der Waals surface area contributed by atoms with Gasteiger partial charge in [0.05, 0.1) is 13.0 Å². The third-order valence-corrected chi connectivity index (χ3v) is 3.19. The van der Waals surface area contributed by atoms with Crippen LogP contribution >= 0.6 is 0 Å². The first kappa shape index (κ1) is 20.0. The fraction of sp³-hybridized carbons (Fsp3) is 0.706. The number of amides is 2. The highest BCUT2D eigenvalue weighted by Crippen LogP contribution is 2.14. The van der Waals surface area contributed by atoms with Crippen LogP contribution in [-0.4, -0.2) is 42.8 Å². The highest BCUT2D eigenvalue weighted by molar-refractivity contribution is 5.82. The van der Waals surface area contributed by atoms with Gasteiger partial charge in [-0.05, 0) is 52.5 Å². The van der Waals surface area contributed by atoms with E-state index in [1.165, 1.54) is 0 Å². The van der Waals surface area contributed by atoms with Gasteiger partial charge in [0.15, 0.2) is 0 Å². The van der Waals surface area contributed by atoms with Gasteiger partial charge in [-0.25, -0.2) is 4.79 Å². The molecule has 1 unspecified atom stereocenters. The molecular formula is C17H28N2O5. The molecule has 0 bridgehead atoms. The van der Waals surface area contributed by atoms with E-state index in [9.17, 15) is 14.4 Å². The van der Waals surface area contributed by atoms with Crippen molar-refractivity contribution >= 4 is 18.0 Å². The summed E-state index contributed by atoms with van der Waals surface area (Å²) in [6.45, 7) is 5.19. The molecule has 0 aromatic carbocycles. The number of allylic oxidation sites excluding steroid dienone is 1. The number of nitrogens with one attached hydrogen (secondary N) is 2. The number of alkyl carbamates (subject to hydrolysis) is 1. The molecule has 7 nitrogen and oxygen atoms in total. The summed E-state index contributed by atoms with van der Waals surface area (Å²) in [6, 6.07) is 0. The van der Waals surface area contributed by atoms with Gasteiger partial charge in [0.25, 0.3) is 0 Å². The second kappa shape index (κ2) is 9.95. The van der Waals surface area contributed by atoms with Crippen molar-refractivity contribution in [3.8, 4) is 0 Å². The molecule has 1 atom stereocenters. The molecule has 0 saturated heterocycles. The highest BCUT2D eigenvalue weighted by Gasteiger charge is 2.17. The minimum absolute atomic E-state index is 0.0997. The van der Waals surface area contributed by atoms with Crippen LogP contribution < -0.4 is 10.6 Å². The third kappa shape index (κ3) is 9.86. The van der Waals surface area contributed by atoms with Gasteiger partial charge in [-0.1, -0.05) is 6.08 Å². The Labute approximate surface area is 143 Å². The smallest absolute Gasteiger partial charge is 0.408 e. The molecule has 1 aliphatic rings. The number of esters is 1. The van der Waals surface area contributed by atoms with Crippen LogP contribution in [-0.2, 0) is 19.1 Å². The largest absolute Gasteiger partial charge is 0.458 e. The zero-order valence-corrected chi connectivity index (χ0v) is 14.7. The van der Waals surface area contributed by atoms with E-state index < -0.39 is 11.7 Å². The van der Waals surface area contributed by atoms with Crippen LogP contribution in [0.2, 0.25) is 0 Å². The van der Waals surface area contributed by atoms with E-state index in [0.717, 1.165) is 25.7 Å². The lowest BCUT2D eigenvalue weighted by molar-refractivity contribution is -0.147. The minimum atomic E-state index is -0.655. The van der Waals surface area contributed by atoms with Gasteiger partial charge in [-0.3, -0.25) is 9.59 Å². The zero-order chi connectivity index (χ0) is 18.0. The number of carbonyl (C=O) groups excluding carboxylic acids is 3. The van der Waals surface area contributed by atoms with E-state index in [4.69, 9.17) is 9.47 Å². The molecule has 136 valence electrons. The standard InChI is InChI=1S/C17H28N2O5/c1-17(2,3)24-16(22)19-12-14(20)18-11-10-15(21)23-13-8-6-4-5-7-9-13/h6,8,13H,4-5,7,9-12H2,1-3H3,(H,18,20)(H,19,22). The van der Waals surface area contributed by atoms with E-state index in [1.54, 1.807) is 20.8 Å². The maximum atomic E-state index is 11.7. The molecule has 24 heavy (non-hydrogen) atoms. The minimum Gasteiger partial charge on any atom is -0.458 e. The first-order valence-corrected chi connectivity index (χ1v) is 8.36. The molecule has 0 aromatic rings. The molecular weight excluding hydrogens is 312 g/mol. The van der Waals surface area contributed by atoms with Gasteiger partial charge >= 0.3 is 12.1 Å². The Balaban J connectivity index is 2.14. The van der Waals surface area contributed by atoms with Crippen molar-refractivity contribution in [3.63, 3.8) is 0 Å². The first-order chi connectivity index (χ1) is 11.3. The highest BCUT2D eigenvalue weighted by atomic mass is 16.6. The summed E-state index contributed by atoms with van der Waals surface area (Å²) in [7, 11) is 0. The fourth-order valence-corrected chi connectivity index (χ4v) is 2.11. The molecule has 0 aliphatic heterocycles. The Morgan fingerprint density at radius 3 is 2.62 bits per heavy atom. The van der Waals surface area contributed by atoms with Crippen molar-refractivity contribution in [1.82, 2.24) is 10.6 Å². The Bertz CT molecular complexity index is 468. The van der Waals surface area contributed by atoms with Crippen LogP contribution in [0.1, 0.15) is 52.9 Å². The second-order valence-electron chi connectivity index (χ2n) is 6.70. The molecule has 0 heterocycles. The zero-order valence-electron chi connectivity index (χ0n) is 14.7. The number of rotatable bonds is 6. The summed E-state index contributed by atoms with van der Waals surface area (Å²) < 4.78 is 10.4. The van der Waals surface area contributed by atoms with Crippen molar-refractivity contribution in [1.29, 1.82) is 0 Å². The number of hydrogen-bond donors (Lipinski definition) is 2. The van der Waals surface area contributed by atoms with Crippen LogP contribution in [0, 0.1) is 0 Å². The van der Waals surface area contributed by atoms with Crippen molar-refractivity contribution in [2.75, 3.05) is 13.1 Å². The molecule has 0 fully saturated rings. The van der Waals surface area contributed by atoms with Gasteiger partial charge in [0, 0.05) is 6.54 Å². The Kier molecular flexibility index (Phi) is 8.29. The molecule has 0 spiro atoms. The van der Waals surface area contributed by atoms with Crippen LogP contribution in [0.15, 0.2) is 12.2 Å². The average Bonchev–Trinajstić information content (AvgIpc) is 2.72. The third-order valence-electron chi connectivity index (χ3n) is 3.19. The van der Waals surface area contributed by atoms with Crippen molar-refractivity contribution < 1.29 is 23.9 Å². The average molecular weight is 340 g/mol. The summed E-state index contributed by atoms with van der Waals surface area (Å²) >= 11 is 0. The van der Waals surface area contributed by atoms with Gasteiger partial charge in [0.2, 0.25) is 5.91 Å². The summed E-state index contributed by atoms with van der Waals surface area (Å²) in [5.74, 6) is -0.727. The molecule has 1 aliphatic carbocycles. The van der Waals surface area contributed by atoms with E-state index in [0.29, 0.717) is 0 Å². The Hall–Kier alpha value is -2.05. The van der Waals surface area contributed by atoms with Crippen LogP contribution in [0.25, 0.3) is 0 Å². The fourth-order valence-electron chi connectivity index (χ4n) is 2.11. The lowest BCUT2D eigenvalue weighted by Gasteiger charge is -2.19. The molecule has 7 heteroatoms. The summed E-state index contributed by atoms with van der Waals surface area (Å²) in [4.78, 5) is 34.7. The maximum absolute atomic E-state index is 11.7. The summed E-state index contributed by atoms with van der Waals surface area (Å²) in [5.41, 5.74) is -0.614. The van der Waals surface area contributed by atoms with Crippen molar-refractivity contribution in [2.24, 2.45) is 0 Å². The van der Waals surface area contributed by atoms with Gasteiger partial charge in [-0.2, -0.15) is 0 Å². The lowest BCUT2D eigenvalue weighted by Crippen LogP contribution is -2.40. The van der Waals surface area contributed by atoms with Crippen LogP contribution in [0.3, 0.4) is 0 Å². The molecule has 2 amide bonds. The predicted molar refractivity (Wildman–Crippen MR) is 89.4 cm³/mol. The number of carbonyl (C=O) groups is 3. The van der Waals surface area contributed by atoms with E-state index in [1.807, 2.05) is 12.2 Å². The number of ether oxygens (including phenoxy) is 2. The van der Waals surface area contributed by atoms with Crippen molar-refractivity contribution in [2.45, 2.75) is 64.6 Å². The Morgan fingerprint density at radius 2 is 1.92 bits per heavy atom. The molecule has 0 saturated carbocycles. The lowest BCUT2D eigenvalue weighted by atomic mass is 10.2. The number of hydrogen-bond acceptors (Lipinski definition) is 5. The Morgan fingerprint density at radius 1 is 1.17 bits per heavy atom. The quantitative estimate of drug-likeness (QED) is 0.570. The van der Waals surface area contributed by atoms with Crippen LogP contribution in [0.5, 0.6) is 0 Å². The predicted octanol–water partition coefficient (Wildman–Crippen LogP) is 2.06.